The molecule has 1 saturated heterocycles. The highest BCUT2D eigenvalue weighted by atomic mass is 16.5. The van der Waals surface area contributed by atoms with Crippen molar-refractivity contribution in [3.05, 3.63) is 0 Å². The monoisotopic (exact) mass is 298 g/mol. The third-order valence-electron chi connectivity index (χ3n) is 4.08. The van der Waals surface area contributed by atoms with E-state index in [0.29, 0.717) is 6.04 Å². The predicted octanol–water partition coefficient (Wildman–Crippen LogP) is 1.79. The number of guanidine groups is 1. The standard InChI is InChI=1S/C16H34N4O/c1-5-7-10-19(3)16(17-6-2)18-14-15-9-8-11-20(15)12-13-21-4/h15H,5-14H2,1-4H3,(H,17,18). The van der Waals surface area contributed by atoms with Crippen molar-refractivity contribution in [1.82, 2.24) is 15.1 Å². The lowest BCUT2D eigenvalue weighted by atomic mass is 10.2. The molecule has 0 aromatic heterocycles. The van der Waals surface area contributed by atoms with E-state index in [-0.39, 0.29) is 0 Å². The molecule has 0 aliphatic carbocycles. The van der Waals surface area contributed by atoms with Gasteiger partial charge in [-0.1, -0.05) is 13.3 Å². The first kappa shape index (κ1) is 18.2. The van der Waals surface area contributed by atoms with Gasteiger partial charge in [0.1, 0.15) is 0 Å². The first-order chi connectivity index (χ1) is 10.2. The lowest BCUT2D eigenvalue weighted by molar-refractivity contribution is 0.142. The van der Waals surface area contributed by atoms with E-state index in [0.717, 1.165) is 38.7 Å². The zero-order valence-electron chi connectivity index (χ0n) is 14.4. The second-order valence-corrected chi connectivity index (χ2v) is 5.79. The van der Waals surface area contributed by atoms with Crippen molar-refractivity contribution >= 4 is 5.96 Å². The molecule has 0 aromatic rings. The molecule has 1 unspecified atom stereocenters. The Balaban J connectivity index is 2.51. The van der Waals surface area contributed by atoms with Crippen LogP contribution in [0.5, 0.6) is 0 Å². The molecule has 1 heterocycles. The van der Waals surface area contributed by atoms with Gasteiger partial charge in [0.25, 0.3) is 0 Å². The van der Waals surface area contributed by atoms with E-state index >= 15 is 0 Å². The molecule has 0 bridgehead atoms. The van der Waals surface area contributed by atoms with Crippen LogP contribution >= 0.6 is 0 Å². The van der Waals surface area contributed by atoms with Gasteiger partial charge in [-0.15, -0.1) is 0 Å². The molecule has 1 aliphatic heterocycles. The number of likely N-dealkylation sites (tertiary alicyclic amines) is 1. The van der Waals surface area contributed by atoms with Gasteiger partial charge in [-0.2, -0.15) is 0 Å². The van der Waals surface area contributed by atoms with Crippen molar-refractivity contribution in [2.45, 2.75) is 45.6 Å². The molecule has 1 atom stereocenters. The molecule has 0 spiro atoms. The predicted molar refractivity (Wildman–Crippen MR) is 90.0 cm³/mol. The fourth-order valence-electron chi connectivity index (χ4n) is 2.77. The molecule has 0 radical (unpaired) electrons. The summed E-state index contributed by atoms with van der Waals surface area (Å²) < 4.78 is 5.20. The maximum absolute atomic E-state index is 5.20. The lowest BCUT2D eigenvalue weighted by Gasteiger charge is -2.25. The minimum atomic E-state index is 0.577. The molecule has 0 aromatic carbocycles. The number of rotatable bonds is 9. The van der Waals surface area contributed by atoms with Gasteiger partial charge >= 0.3 is 0 Å². The second kappa shape index (κ2) is 10.9. The highest BCUT2D eigenvalue weighted by Crippen LogP contribution is 2.17. The summed E-state index contributed by atoms with van der Waals surface area (Å²) >= 11 is 0. The Bertz CT molecular complexity index is 296. The Morgan fingerprint density at radius 2 is 2.24 bits per heavy atom. The van der Waals surface area contributed by atoms with Crippen LogP contribution in [0.4, 0.5) is 0 Å². The summed E-state index contributed by atoms with van der Waals surface area (Å²) in [5.41, 5.74) is 0. The second-order valence-electron chi connectivity index (χ2n) is 5.79. The van der Waals surface area contributed by atoms with Crippen LogP contribution in [-0.2, 0) is 4.74 Å². The van der Waals surface area contributed by atoms with Crippen LogP contribution in [0.3, 0.4) is 0 Å². The molecular weight excluding hydrogens is 264 g/mol. The van der Waals surface area contributed by atoms with Gasteiger partial charge in [0, 0.05) is 39.8 Å². The van der Waals surface area contributed by atoms with Crippen LogP contribution in [0, 0.1) is 0 Å². The Hall–Kier alpha value is -0.810. The molecule has 1 aliphatic rings. The van der Waals surface area contributed by atoms with Crippen molar-refractivity contribution in [3.8, 4) is 0 Å². The van der Waals surface area contributed by atoms with Gasteiger partial charge in [-0.3, -0.25) is 9.89 Å². The van der Waals surface area contributed by atoms with Gasteiger partial charge < -0.3 is 15.0 Å². The molecule has 5 heteroatoms. The zero-order chi connectivity index (χ0) is 15.5. The van der Waals surface area contributed by atoms with Crippen molar-refractivity contribution in [1.29, 1.82) is 0 Å². The molecule has 1 rings (SSSR count). The minimum absolute atomic E-state index is 0.577. The zero-order valence-corrected chi connectivity index (χ0v) is 14.4. The fraction of sp³-hybridized carbons (Fsp3) is 0.938. The van der Waals surface area contributed by atoms with E-state index in [9.17, 15) is 0 Å². The fourth-order valence-corrected chi connectivity index (χ4v) is 2.77. The van der Waals surface area contributed by atoms with Crippen molar-refractivity contribution < 1.29 is 4.74 Å². The first-order valence-corrected chi connectivity index (χ1v) is 8.45. The van der Waals surface area contributed by atoms with E-state index in [1.165, 1.54) is 32.2 Å². The number of nitrogens with zero attached hydrogens (tertiary/aromatic N) is 3. The largest absolute Gasteiger partial charge is 0.383 e. The molecule has 124 valence electrons. The Morgan fingerprint density at radius 3 is 2.90 bits per heavy atom. The Kier molecular flexibility index (Phi) is 9.42. The summed E-state index contributed by atoms with van der Waals surface area (Å²) in [7, 11) is 3.91. The maximum atomic E-state index is 5.20. The smallest absolute Gasteiger partial charge is 0.193 e. The normalized spacial score (nSPS) is 20.0. The highest BCUT2D eigenvalue weighted by Gasteiger charge is 2.23. The van der Waals surface area contributed by atoms with Crippen LogP contribution in [0.2, 0.25) is 0 Å². The SMILES string of the molecule is CCCCN(C)C(=NCC1CCCN1CCOC)NCC. The number of unbranched alkanes of at least 4 members (excludes halogenated alkanes) is 1. The molecule has 1 N–H and O–H groups in total. The number of nitrogens with one attached hydrogen (secondary N) is 1. The van der Waals surface area contributed by atoms with Crippen molar-refractivity contribution in [3.63, 3.8) is 0 Å². The third kappa shape index (κ3) is 6.66. The van der Waals surface area contributed by atoms with Crippen LogP contribution in [0.15, 0.2) is 4.99 Å². The Morgan fingerprint density at radius 1 is 1.43 bits per heavy atom. The molecular formula is C16H34N4O. The summed E-state index contributed by atoms with van der Waals surface area (Å²) in [5.74, 6) is 1.05. The third-order valence-corrected chi connectivity index (χ3v) is 4.08. The summed E-state index contributed by atoms with van der Waals surface area (Å²) in [4.78, 5) is 9.62. The lowest BCUT2D eigenvalue weighted by Crippen LogP contribution is -2.41. The minimum Gasteiger partial charge on any atom is -0.383 e. The molecule has 0 saturated carbocycles. The number of hydrogen-bond acceptors (Lipinski definition) is 3. The van der Waals surface area contributed by atoms with Crippen LogP contribution in [-0.4, -0.2) is 75.3 Å². The average Bonchev–Trinajstić information content (AvgIpc) is 2.94. The summed E-state index contributed by atoms with van der Waals surface area (Å²) in [5, 5.41) is 3.41. The molecule has 21 heavy (non-hydrogen) atoms. The van der Waals surface area contributed by atoms with Crippen molar-refractivity contribution in [2.75, 3.05) is 53.5 Å². The van der Waals surface area contributed by atoms with Gasteiger partial charge in [-0.05, 0) is 32.7 Å². The first-order valence-electron chi connectivity index (χ1n) is 8.45. The van der Waals surface area contributed by atoms with Gasteiger partial charge in [0.2, 0.25) is 0 Å². The van der Waals surface area contributed by atoms with E-state index in [1.54, 1.807) is 7.11 Å². The van der Waals surface area contributed by atoms with Gasteiger partial charge in [-0.25, -0.2) is 0 Å². The average molecular weight is 298 g/mol. The number of methoxy groups -OCH3 is 1. The molecule has 5 nitrogen and oxygen atoms in total. The van der Waals surface area contributed by atoms with Crippen LogP contribution in [0.1, 0.15) is 39.5 Å². The maximum Gasteiger partial charge on any atom is 0.193 e. The van der Waals surface area contributed by atoms with E-state index in [2.05, 4.69) is 36.0 Å². The van der Waals surface area contributed by atoms with E-state index in [1.807, 2.05) is 0 Å². The summed E-state index contributed by atoms with van der Waals surface area (Å²) in [6, 6.07) is 0.577. The Labute approximate surface area is 130 Å². The van der Waals surface area contributed by atoms with Crippen LogP contribution < -0.4 is 5.32 Å². The molecule has 0 amide bonds. The van der Waals surface area contributed by atoms with Crippen molar-refractivity contribution in [2.24, 2.45) is 4.99 Å². The van der Waals surface area contributed by atoms with Gasteiger partial charge in [0.05, 0.1) is 13.2 Å². The van der Waals surface area contributed by atoms with Gasteiger partial charge in [0.15, 0.2) is 5.96 Å². The van der Waals surface area contributed by atoms with E-state index in [4.69, 9.17) is 9.73 Å². The topological polar surface area (TPSA) is 40.1 Å². The number of hydrogen-bond donors (Lipinski definition) is 1. The van der Waals surface area contributed by atoms with Crippen LogP contribution in [0.25, 0.3) is 0 Å². The number of aliphatic imine (C=N–C) groups is 1. The summed E-state index contributed by atoms with van der Waals surface area (Å²) in [6.45, 7) is 10.3. The quantitative estimate of drug-likeness (QED) is 0.520. The number of ether oxygens (including phenoxy) is 1. The highest BCUT2D eigenvalue weighted by molar-refractivity contribution is 5.79. The summed E-state index contributed by atoms with van der Waals surface area (Å²) in [6.07, 6.45) is 4.97. The molecule has 1 fully saturated rings. The van der Waals surface area contributed by atoms with E-state index < -0.39 is 0 Å².